The van der Waals surface area contributed by atoms with E-state index < -0.39 is 0 Å². The van der Waals surface area contributed by atoms with Gasteiger partial charge in [-0.3, -0.25) is 0 Å². The quantitative estimate of drug-likeness (QED) is 0.676. The van der Waals surface area contributed by atoms with E-state index in [0.29, 0.717) is 6.61 Å². The second-order valence-electron chi connectivity index (χ2n) is 5.35. The van der Waals surface area contributed by atoms with Crippen LogP contribution in [0.5, 0.6) is 0 Å². The molecule has 0 unspecified atom stereocenters. The number of rotatable bonds is 7. The zero-order chi connectivity index (χ0) is 11.8. The Bertz CT molecular complexity index is 164. The van der Waals surface area contributed by atoms with Crippen LogP contribution in [0.25, 0.3) is 0 Å². The summed E-state index contributed by atoms with van der Waals surface area (Å²) >= 11 is 0. The minimum atomic E-state index is 0.353. The monoisotopic (exact) mass is 227 g/mol. The Morgan fingerprint density at radius 3 is 2.31 bits per heavy atom. The summed E-state index contributed by atoms with van der Waals surface area (Å²) in [6, 6.07) is 0.830. The van der Waals surface area contributed by atoms with E-state index in [1.54, 1.807) is 0 Å². The van der Waals surface area contributed by atoms with Crippen LogP contribution in [-0.2, 0) is 0 Å². The van der Waals surface area contributed by atoms with Crippen molar-refractivity contribution in [1.82, 2.24) is 4.90 Å². The lowest BCUT2D eigenvalue weighted by Gasteiger charge is -2.34. The van der Waals surface area contributed by atoms with Gasteiger partial charge in [0.05, 0.1) is 0 Å². The third-order valence-corrected chi connectivity index (χ3v) is 4.19. The van der Waals surface area contributed by atoms with Crippen molar-refractivity contribution in [2.24, 2.45) is 5.92 Å². The maximum atomic E-state index is 8.72. The van der Waals surface area contributed by atoms with Gasteiger partial charge in [-0.25, -0.2) is 0 Å². The van der Waals surface area contributed by atoms with Crippen molar-refractivity contribution in [3.8, 4) is 0 Å². The highest BCUT2D eigenvalue weighted by Crippen LogP contribution is 2.28. The molecule has 1 fully saturated rings. The van der Waals surface area contributed by atoms with Gasteiger partial charge in [-0.1, -0.05) is 13.3 Å². The SMILES string of the molecule is CCC1CCC(N(C)CCCCCO)CC1. The van der Waals surface area contributed by atoms with Gasteiger partial charge in [-0.15, -0.1) is 0 Å². The molecule has 0 aromatic carbocycles. The molecule has 1 aliphatic carbocycles. The maximum absolute atomic E-state index is 8.72. The number of hydrogen-bond acceptors (Lipinski definition) is 2. The third-order valence-electron chi connectivity index (χ3n) is 4.19. The smallest absolute Gasteiger partial charge is 0.0431 e. The lowest BCUT2D eigenvalue weighted by molar-refractivity contribution is 0.160. The number of hydrogen-bond donors (Lipinski definition) is 1. The molecule has 0 atom stereocenters. The van der Waals surface area contributed by atoms with Crippen molar-refractivity contribution in [1.29, 1.82) is 0 Å². The summed E-state index contributed by atoms with van der Waals surface area (Å²) in [7, 11) is 2.27. The first-order valence-electron chi connectivity index (χ1n) is 7.09. The fourth-order valence-electron chi connectivity index (χ4n) is 2.83. The molecule has 16 heavy (non-hydrogen) atoms. The van der Waals surface area contributed by atoms with Gasteiger partial charge in [0.1, 0.15) is 0 Å². The van der Waals surface area contributed by atoms with E-state index in [2.05, 4.69) is 18.9 Å². The van der Waals surface area contributed by atoms with Gasteiger partial charge in [0.2, 0.25) is 0 Å². The molecule has 2 heteroatoms. The number of unbranched alkanes of at least 4 members (excludes halogenated alkanes) is 2. The number of aliphatic hydroxyl groups excluding tert-OH is 1. The number of nitrogens with zero attached hydrogens (tertiary/aromatic N) is 1. The molecule has 96 valence electrons. The predicted octanol–water partition coefficient (Wildman–Crippen LogP) is 3.05. The van der Waals surface area contributed by atoms with Crippen LogP contribution in [0.15, 0.2) is 0 Å². The van der Waals surface area contributed by atoms with Crippen molar-refractivity contribution in [3.63, 3.8) is 0 Å². The lowest BCUT2D eigenvalue weighted by atomic mass is 9.84. The topological polar surface area (TPSA) is 23.5 Å². The van der Waals surface area contributed by atoms with E-state index in [1.165, 1.54) is 51.5 Å². The Morgan fingerprint density at radius 1 is 1.06 bits per heavy atom. The van der Waals surface area contributed by atoms with Crippen LogP contribution in [0.3, 0.4) is 0 Å². The van der Waals surface area contributed by atoms with Crippen LogP contribution in [0.4, 0.5) is 0 Å². The summed E-state index contributed by atoms with van der Waals surface area (Å²) in [6.07, 6.45) is 10.4. The fraction of sp³-hybridized carbons (Fsp3) is 1.00. The summed E-state index contributed by atoms with van der Waals surface area (Å²) in [4.78, 5) is 2.54. The molecule has 1 aliphatic rings. The lowest BCUT2D eigenvalue weighted by Crippen LogP contribution is -2.35. The third kappa shape index (κ3) is 4.84. The molecule has 0 aromatic heterocycles. The largest absolute Gasteiger partial charge is 0.396 e. The first-order chi connectivity index (χ1) is 7.77. The average molecular weight is 227 g/mol. The van der Waals surface area contributed by atoms with E-state index in [9.17, 15) is 0 Å². The molecule has 1 rings (SSSR count). The van der Waals surface area contributed by atoms with E-state index in [1.807, 2.05) is 0 Å². The van der Waals surface area contributed by atoms with Crippen LogP contribution in [0.1, 0.15) is 58.3 Å². The molecule has 0 saturated heterocycles. The van der Waals surface area contributed by atoms with Crippen molar-refractivity contribution < 1.29 is 5.11 Å². The summed E-state index contributed by atoms with van der Waals surface area (Å²) in [6.45, 7) is 3.89. The highest BCUT2D eigenvalue weighted by atomic mass is 16.2. The van der Waals surface area contributed by atoms with Gasteiger partial charge in [0.15, 0.2) is 0 Å². The van der Waals surface area contributed by atoms with Crippen LogP contribution >= 0.6 is 0 Å². The molecule has 0 aliphatic heterocycles. The van der Waals surface area contributed by atoms with Crippen LogP contribution in [0, 0.1) is 5.92 Å². The second kappa shape index (κ2) is 8.08. The molecular weight excluding hydrogens is 198 g/mol. The molecular formula is C14H29NO. The molecule has 2 nitrogen and oxygen atoms in total. The van der Waals surface area contributed by atoms with E-state index in [4.69, 9.17) is 5.11 Å². The van der Waals surface area contributed by atoms with Gasteiger partial charge in [-0.05, 0) is 64.5 Å². The van der Waals surface area contributed by atoms with Crippen molar-refractivity contribution in [2.45, 2.75) is 64.3 Å². The Balaban J connectivity index is 2.10. The summed E-state index contributed by atoms with van der Waals surface area (Å²) in [5.74, 6) is 0.999. The van der Waals surface area contributed by atoms with E-state index in [0.717, 1.165) is 18.4 Å². The van der Waals surface area contributed by atoms with Crippen LogP contribution in [0.2, 0.25) is 0 Å². The highest BCUT2D eigenvalue weighted by Gasteiger charge is 2.22. The van der Waals surface area contributed by atoms with Crippen molar-refractivity contribution in [3.05, 3.63) is 0 Å². The Labute approximate surface area is 101 Å². The van der Waals surface area contributed by atoms with Gasteiger partial charge >= 0.3 is 0 Å². The van der Waals surface area contributed by atoms with Crippen molar-refractivity contribution in [2.75, 3.05) is 20.2 Å². The molecule has 0 radical (unpaired) electrons. The summed E-state index contributed by atoms with van der Waals surface area (Å²) < 4.78 is 0. The molecule has 0 aromatic rings. The average Bonchev–Trinajstić information content (AvgIpc) is 2.34. The maximum Gasteiger partial charge on any atom is 0.0431 e. The van der Waals surface area contributed by atoms with E-state index >= 15 is 0 Å². The molecule has 0 amide bonds. The predicted molar refractivity (Wildman–Crippen MR) is 69.6 cm³/mol. The number of aliphatic hydroxyl groups is 1. The minimum absolute atomic E-state index is 0.353. The van der Waals surface area contributed by atoms with Gasteiger partial charge in [0, 0.05) is 12.6 Å². The minimum Gasteiger partial charge on any atom is -0.396 e. The molecule has 0 bridgehead atoms. The van der Waals surface area contributed by atoms with Crippen LogP contribution in [-0.4, -0.2) is 36.2 Å². The Hall–Kier alpha value is -0.0800. The first kappa shape index (κ1) is 14.0. The summed E-state index contributed by atoms with van der Waals surface area (Å²) in [5.41, 5.74) is 0. The summed E-state index contributed by atoms with van der Waals surface area (Å²) in [5, 5.41) is 8.72. The zero-order valence-electron chi connectivity index (χ0n) is 11.1. The normalized spacial score (nSPS) is 26.2. The molecule has 0 heterocycles. The molecule has 0 spiro atoms. The van der Waals surface area contributed by atoms with Crippen LogP contribution < -0.4 is 0 Å². The van der Waals surface area contributed by atoms with Gasteiger partial charge in [0.25, 0.3) is 0 Å². The zero-order valence-corrected chi connectivity index (χ0v) is 11.1. The first-order valence-corrected chi connectivity index (χ1v) is 7.09. The van der Waals surface area contributed by atoms with E-state index in [-0.39, 0.29) is 0 Å². The van der Waals surface area contributed by atoms with Crippen molar-refractivity contribution >= 4 is 0 Å². The Kier molecular flexibility index (Phi) is 7.06. The second-order valence-corrected chi connectivity index (χ2v) is 5.35. The fourth-order valence-corrected chi connectivity index (χ4v) is 2.83. The standard InChI is InChI=1S/C14H29NO/c1-3-13-7-9-14(10-8-13)15(2)11-5-4-6-12-16/h13-14,16H,3-12H2,1-2H3. The molecule has 1 saturated carbocycles. The highest BCUT2D eigenvalue weighted by molar-refractivity contribution is 4.77. The Morgan fingerprint density at radius 2 is 1.75 bits per heavy atom. The molecule has 1 N–H and O–H groups in total. The van der Waals surface area contributed by atoms with Gasteiger partial charge < -0.3 is 10.0 Å². The van der Waals surface area contributed by atoms with Gasteiger partial charge in [-0.2, -0.15) is 0 Å².